The molecule has 3 rings (SSSR count). The Kier molecular flexibility index (Phi) is 5.40. The second kappa shape index (κ2) is 7.72. The normalized spacial score (nSPS) is 10.7. The fourth-order valence-electron chi connectivity index (χ4n) is 2.44. The number of carbonyl (C=O) groups is 1. The topological polar surface area (TPSA) is 60.5 Å². The Morgan fingerprint density at radius 3 is 2.92 bits per heavy atom. The zero-order valence-electron chi connectivity index (χ0n) is 13.8. The number of nitrogens with one attached hydrogen (secondary N) is 1. The van der Waals surface area contributed by atoms with Gasteiger partial charge < -0.3 is 14.8 Å². The highest BCUT2D eigenvalue weighted by Crippen LogP contribution is 2.36. The zero-order chi connectivity index (χ0) is 17.8. The van der Waals surface area contributed by atoms with Crippen LogP contribution < -0.4 is 14.8 Å². The van der Waals surface area contributed by atoms with Crippen LogP contribution in [0.5, 0.6) is 11.5 Å². The molecule has 0 aliphatic carbocycles. The van der Waals surface area contributed by atoms with Gasteiger partial charge in [0, 0.05) is 12.1 Å². The van der Waals surface area contributed by atoms with Crippen molar-refractivity contribution in [2.45, 2.75) is 13.5 Å². The summed E-state index contributed by atoms with van der Waals surface area (Å²) in [7, 11) is 1.56. The Morgan fingerprint density at radius 1 is 1.32 bits per heavy atom. The molecule has 0 aliphatic heterocycles. The fraction of sp³-hybridized carbons (Fsp3) is 0.222. The first-order chi connectivity index (χ1) is 12.1. The molecule has 0 saturated heterocycles. The van der Waals surface area contributed by atoms with Gasteiger partial charge in [0.2, 0.25) is 0 Å². The lowest BCUT2D eigenvalue weighted by atomic mass is 10.1. The molecular weight excluding hydrogens is 360 g/mol. The molecule has 0 spiro atoms. The van der Waals surface area contributed by atoms with Crippen LogP contribution in [-0.2, 0) is 6.54 Å². The summed E-state index contributed by atoms with van der Waals surface area (Å²) in [5.41, 5.74) is 4.09. The Morgan fingerprint density at radius 2 is 2.16 bits per heavy atom. The molecule has 1 N–H and O–H groups in total. The first-order valence-electron chi connectivity index (χ1n) is 7.73. The van der Waals surface area contributed by atoms with Crippen LogP contribution in [0, 0.1) is 0 Å². The molecule has 0 bridgehead atoms. The monoisotopic (exact) mass is 376 g/mol. The Bertz CT molecular complexity index is 910. The highest BCUT2D eigenvalue weighted by molar-refractivity contribution is 7.16. The Hall–Kier alpha value is -2.31. The number of benzene rings is 2. The fourth-order valence-corrected chi connectivity index (χ4v) is 3.44. The predicted molar refractivity (Wildman–Crippen MR) is 100.0 cm³/mol. The molecule has 7 heteroatoms. The number of methoxy groups -OCH3 is 1. The third-order valence-corrected chi connectivity index (χ3v) is 4.70. The highest BCUT2D eigenvalue weighted by Gasteiger charge is 2.13. The molecule has 0 saturated carbocycles. The Labute approximate surface area is 154 Å². The van der Waals surface area contributed by atoms with E-state index < -0.39 is 0 Å². The number of hydrogen-bond acceptors (Lipinski definition) is 5. The van der Waals surface area contributed by atoms with E-state index in [1.165, 1.54) is 11.3 Å². The minimum atomic E-state index is -0.153. The summed E-state index contributed by atoms with van der Waals surface area (Å²) < 4.78 is 11.8. The summed E-state index contributed by atoms with van der Waals surface area (Å²) >= 11 is 7.76. The molecule has 130 valence electrons. The number of nitrogens with zero attached hydrogens (tertiary/aromatic N) is 1. The van der Waals surface area contributed by atoms with E-state index >= 15 is 0 Å². The maximum absolute atomic E-state index is 12.4. The number of fused-ring (bicyclic) bond motifs is 1. The van der Waals surface area contributed by atoms with Gasteiger partial charge in [-0.2, -0.15) is 0 Å². The molecule has 0 unspecified atom stereocenters. The van der Waals surface area contributed by atoms with E-state index in [1.807, 2.05) is 25.1 Å². The van der Waals surface area contributed by atoms with Crippen molar-refractivity contribution in [3.63, 3.8) is 0 Å². The van der Waals surface area contributed by atoms with Crippen LogP contribution in [0.1, 0.15) is 22.8 Å². The van der Waals surface area contributed by atoms with Crippen LogP contribution >= 0.6 is 22.9 Å². The van der Waals surface area contributed by atoms with Crippen molar-refractivity contribution in [3.05, 3.63) is 52.0 Å². The van der Waals surface area contributed by atoms with Gasteiger partial charge in [-0.25, -0.2) is 4.98 Å². The first-order valence-corrected chi connectivity index (χ1v) is 8.98. The molecule has 1 aromatic heterocycles. The summed E-state index contributed by atoms with van der Waals surface area (Å²) in [5, 5.41) is 3.35. The lowest BCUT2D eigenvalue weighted by molar-refractivity contribution is 0.0951. The summed E-state index contributed by atoms with van der Waals surface area (Å²) in [6, 6.07) is 9.03. The number of thiazole rings is 1. The molecule has 0 aliphatic rings. The van der Waals surface area contributed by atoms with E-state index in [4.69, 9.17) is 21.1 Å². The SMILES string of the molecule is CCOc1c(Cl)cc(CNC(=O)c2ccc3ncsc3c2)cc1OC. The van der Waals surface area contributed by atoms with E-state index in [9.17, 15) is 4.79 Å². The average molecular weight is 377 g/mol. The third kappa shape index (κ3) is 3.86. The lowest BCUT2D eigenvalue weighted by Crippen LogP contribution is -2.22. The van der Waals surface area contributed by atoms with Crippen LogP contribution in [0.4, 0.5) is 0 Å². The molecule has 3 aromatic rings. The van der Waals surface area contributed by atoms with E-state index in [1.54, 1.807) is 24.8 Å². The summed E-state index contributed by atoms with van der Waals surface area (Å²) in [4.78, 5) is 16.6. The largest absolute Gasteiger partial charge is 0.493 e. The van der Waals surface area contributed by atoms with Crippen molar-refractivity contribution in [2.75, 3.05) is 13.7 Å². The van der Waals surface area contributed by atoms with Crippen molar-refractivity contribution in [3.8, 4) is 11.5 Å². The second-order valence-corrected chi connectivity index (χ2v) is 6.55. The molecule has 0 radical (unpaired) electrons. The number of hydrogen-bond donors (Lipinski definition) is 1. The van der Waals surface area contributed by atoms with Gasteiger partial charge in [-0.3, -0.25) is 4.79 Å². The average Bonchev–Trinajstić information content (AvgIpc) is 3.09. The van der Waals surface area contributed by atoms with Gasteiger partial charge >= 0.3 is 0 Å². The van der Waals surface area contributed by atoms with Crippen LogP contribution in [0.25, 0.3) is 10.2 Å². The number of amides is 1. The van der Waals surface area contributed by atoms with E-state index in [0.717, 1.165) is 15.8 Å². The van der Waals surface area contributed by atoms with Crippen molar-refractivity contribution >= 4 is 39.1 Å². The van der Waals surface area contributed by atoms with E-state index in [0.29, 0.717) is 35.2 Å². The molecule has 1 heterocycles. The standard InChI is InChI=1S/C18H17ClN2O3S/c1-3-24-17-13(19)6-11(7-15(17)23-2)9-20-18(22)12-4-5-14-16(8-12)25-10-21-14/h4-8,10H,3,9H2,1-2H3,(H,20,22). The predicted octanol–water partition coefficient (Wildman–Crippen LogP) is 4.29. The van der Waals surface area contributed by atoms with Crippen molar-refractivity contribution in [1.82, 2.24) is 10.3 Å². The molecule has 0 fully saturated rings. The van der Waals surface area contributed by atoms with Crippen LogP contribution in [0.15, 0.2) is 35.8 Å². The number of carbonyl (C=O) groups excluding carboxylic acids is 1. The molecule has 25 heavy (non-hydrogen) atoms. The maximum Gasteiger partial charge on any atom is 0.251 e. The molecule has 2 aromatic carbocycles. The number of halogens is 1. The van der Waals surface area contributed by atoms with Gasteiger partial charge in [0.25, 0.3) is 5.91 Å². The van der Waals surface area contributed by atoms with Crippen LogP contribution in [0.3, 0.4) is 0 Å². The van der Waals surface area contributed by atoms with Gasteiger partial charge in [0.15, 0.2) is 11.5 Å². The highest BCUT2D eigenvalue weighted by atomic mass is 35.5. The second-order valence-electron chi connectivity index (χ2n) is 5.26. The van der Waals surface area contributed by atoms with Crippen LogP contribution in [-0.4, -0.2) is 24.6 Å². The quantitative estimate of drug-likeness (QED) is 0.697. The first kappa shape index (κ1) is 17.5. The number of ether oxygens (including phenoxy) is 2. The van der Waals surface area contributed by atoms with Crippen molar-refractivity contribution in [2.24, 2.45) is 0 Å². The van der Waals surface area contributed by atoms with Gasteiger partial charge in [0.05, 0.1) is 34.5 Å². The van der Waals surface area contributed by atoms with E-state index in [2.05, 4.69) is 10.3 Å². The van der Waals surface area contributed by atoms with Crippen molar-refractivity contribution < 1.29 is 14.3 Å². The van der Waals surface area contributed by atoms with Gasteiger partial charge in [-0.05, 0) is 42.8 Å². The van der Waals surface area contributed by atoms with Crippen LogP contribution in [0.2, 0.25) is 5.02 Å². The molecular formula is C18H17ClN2O3S. The molecule has 5 nitrogen and oxygen atoms in total. The van der Waals surface area contributed by atoms with Gasteiger partial charge in [-0.1, -0.05) is 11.6 Å². The minimum Gasteiger partial charge on any atom is -0.493 e. The molecule has 0 atom stereocenters. The Balaban J connectivity index is 1.74. The smallest absolute Gasteiger partial charge is 0.251 e. The molecule has 1 amide bonds. The summed E-state index contributed by atoms with van der Waals surface area (Å²) in [6.45, 7) is 2.71. The maximum atomic E-state index is 12.4. The summed E-state index contributed by atoms with van der Waals surface area (Å²) in [6.07, 6.45) is 0. The minimum absolute atomic E-state index is 0.153. The third-order valence-electron chi connectivity index (χ3n) is 3.62. The number of aromatic nitrogens is 1. The van der Waals surface area contributed by atoms with E-state index in [-0.39, 0.29) is 5.91 Å². The van der Waals surface area contributed by atoms with Crippen molar-refractivity contribution in [1.29, 1.82) is 0 Å². The lowest BCUT2D eigenvalue weighted by Gasteiger charge is -2.13. The van der Waals surface area contributed by atoms with Gasteiger partial charge in [0.1, 0.15) is 0 Å². The number of rotatable bonds is 6. The van der Waals surface area contributed by atoms with Gasteiger partial charge in [-0.15, -0.1) is 11.3 Å². The zero-order valence-corrected chi connectivity index (χ0v) is 15.4. The summed E-state index contributed by atoms with van der Waals surface area (Å²) in [5.74, 6) is 0.904.